The third kappa shape index (κ3) is 2.05. The van der Waals surface area contributed by atoms with Gasteiger partial charge in [-0.3, -0.25) is 4.90 Å². The zero-order chi connectivity index (χ0) is 17.0. The molecule has 1 aromatic heterocycles. The molecule has 1 N–H and O–H groups in total. The molecule has 0 radical (unpaired) electrons. The van der Waals surface area contributed by atoms with Gasteiger partial charge in [-0.25, -0.2) is 4.79 Å². The monoisotopic (exact) mass is 334 g/mol. The van der Waals surface area contributed by atoms with Crippen molar-refractivity contribution >= 4 is 17.0 Å². The van der Waals surface area contributed by atoms with Crippen LogP contribution in [0.1, 0.15) is 22.9 Å². The molecule has 25 heavy (non-hydrogen) atoms. The number of carbonyl (C=O) groups is 1. The number of rotatable bonds is 2. The van der Waals surface area contributed by atoms with Crippen LogP contribution in [0.25, 0.3) is 10.9 Å². The number of methoxy groups -OCH3 is 1. The maximum atomic E-state index is 12.4. The lowest BCUT2D eigenvalue weighted by atomic mass is 9.89. The second kappa shape index (κ2) is 5.28. The van der Waals surface area contributed by atoms with E-state index in [-0.39, 0.29) is 18.2 Å². The van der Waals surface area contributed by atoms with Gasteiger partial charge in [0.15, 0.2) is 0 Å². The Labute approximate surface area is 145 Å². The number of aromatic nitrogens is 1. The number of ether oxygens (including phenoxy) is 2. The Morgan fingerprint density at radius 3 is 2.84 bits per heavy atom. The Morgan fingerprint density at radius 1 is 1.20 bits per heavy atom. The number of aromatic amines is 1. The highest BCUT2D eigenvalue weighted by molar-refractivity contribution is 5.87. The van der Waals surface area contributed by atoms with Gasteiger partial charge in [-0.2, -0.15) is 0 Å². The Bertz CT molecular complexity index is 964. The molecule has 5 rings (SSSR count). The van der Waals surface area contributed by atoms with Crippen molar-refractivity contribution < 1.29 is 14.3 Å². The second-order valence-electron chi connectivity index (χ2n) is 6.58. The van der Waals surface area contributed by atoms with Crippen LogP contribution in [0.2, 0.25) is 0 Å². The normalized spacial score (nSPS) is 21.8. The molecule has 3 aromatic rings. The van der Waals surface area contributed by atoms with Crippen LogP contribution < -0.4 is 4.74 Å². The Morgan fingerprint density at radius 2 is 2.04 bits per heavy atom. The molecule has 0 spiro atoms. The molecular formula is C20H18N2O3. The quantitative estimate of drug-likeness (QED) is 0.778. The molecule has 126 valence electrons. The van der Waals surface area contributed by atoms with Gasteiger partial charge >= 0.3 is 6.09 Å². The molecule has 3 heterocycles. The van der Waals surface area contributed by atoms with Crippen molar-refractivity contribution in [3.05, 3.63) is 65.4 Å². The van der Waals surface area contributed by atoms with Crippen LogP contribution in [0.5, 0.6) is 5.75 Å². The summed E-state index contributed by atoms with van der Waals surface area (Å²) < 4.78 is 10.8. The van der Waals surface area contributed by atoms with Crippen molar-refractivity contribution in [2.45, 2.75) is 18.5 Å². The topological polar surface area (TPSA) is 54.6 Å². The fourth-order valence-corrected chi connectivity index (χ4v) is 4.11. The van der Waals surface area contributed by atoms with Gasteiger partial charge in [0.1, 0.15) is 18.4 Å². The molecule has 2 aliphatic heterocycles. The van der Waals surface area contributed by atoms with E-state index in [1.165, 1.54) is 5.56 Å². The van der Waals surface area contributed by atoms with Crippen molar-refractivity contribution in [3.8, 4) is 5.75 Å². The van der Waals surface area contributed by atoms with Gasteiger partial charge in [-0.15, -0.1) is 0 Å². The molecular weight excluding hydrogens is 316 g/mol. The molecule has 0 aliphatic carbocycles. The first-order valence-corrected chi connectivity index (χ1v) is 8.45. The molecule has 2 unspecified atom stereocenters. The summed E-state index contributed by atoms with van der Waals surface area (Å²) in [5.74, 6) is 0.840. The number of hydrogen-bond acceptors (Lipinski definition) is 3. The molecule has 1 fully saturated rings. The smallest absolute Gasteiger partial charge is 0.411 e. The standard InChI is InChI=1S/C20H18N2O3/c1-24-14-7-8-17-15(10-14)16-9-13-11-25-20(23)22(13)19(18(16)21-17)12-5-3-2-4-6-12/h2-8,10,13,19,21H,9,11H2,1H3. The third-order valence-corrected chi connectivity index (χ3v) is 5.26. The highest BCUT2D eigenvalue weighted by Crippen LogP contribution is 2.43. The van der Waals surface area contributed by atoms with Crippen LogP contribution in [0.3, 0.4) is 0 Å². The van der Waals surface area contributed by atoms with Crippen molar-refractivity contribution in [3.63, 3.8) is 0 Å². The lowest BCUT2D eigenvalue weighted by Gasteiger charge is -2.35. The van der Waals surface area contributed by atoms with Crippen LogP contribution >= 0.6 is 0 Å². The minimum atomic E-state index is -0.235. The van der Waals surface area contributed by atoms with Crippen LogP contribution in [-0.4, -0.2) is 35.7 Å². The zero-order valence-corrected chi connectivity index (χ0v) is 13.9. The van der Waals surface area contributed by atoms with Gasteiger partial charge < -0.3 is 14.5 Å². The number of amides is 1. The Hall–Kier alpha value is -2.95. The van der Waals surface area contributed by atoms with Crippen LogP contribution in [0, 0.1) is 0 Å². The van der Waals surface area contributed by atoms with Gasteiger partial charge in [0.2, 0.25) is 0 Å². The zero-order valence-electron chi connectivity index (χ0n) is 13.9. The third-order valence-electron chi connectivity index (χ3n) is 5.26. The van der Waals surface area contributed by atoms with Gasteiger partial charge in [0.05, 0.1) is 13.2 Å². The van der Waals surface area contributed by atoms with Crippen molar-refractivity contribution in [1.29, 1.82) is 0 Å². The number of carbonyl (C=O) groups excluding carboxylic acids is 1. The first-order chi connectivity index (χ1) is 12.3. The van der Waals surface area contributed by atoms with Gasteiger partial charge in [-0.05, 0) is 35.7 Å². The number of cyclic esters (lactones) is 1. The van der Waals surface area contributed by atoms with Crippen LogP contribution in [-0.2, 0) is 11.2 Å². The Kier molecular flexibility index (Phi) is 3.04. The van der Waals surface area contributed by atoms with Crippen LogP contribution in [0.15, 0.2) is 48.5 Å². The van der Waals surface area contributed by atoms with E-state index in [1.807, 2.05) is 35.2 Å². The molecule has 2 atom stereocenters. The highest BCUT2D eigenvalue weighted by Gasteiger charge is 2.45. The number of nitrogens with zero attached hydrogens (tertiary/aromatic N) is 1. The lowest BCUT2D eigenvalue weighted by molar-refractivity contribution is 0.147. The molecule has 2 aromatic carbocycles. The SMILES string of the molecule is COc1ccc2[nH]c3c(c2c1)CC1COC(=O)N1C3c1ccccc1. The molecule has 0 bridgehead atoms. The van der Waals surface area contributed by atoms with E-state index < -0.39 is 0 Å². The highest BCUT2D eigenvalue weighted by atomic mass is 16.6. The van der Waals surface area contributed by atoms with E-state index in [4.69, 9.17) is 9.47 Å². The average molecular weight is 334 g/mol. The molecule has 0 saturated carbocycles. The van der Waals surface area contributed by atoms with Gasteiger partial charge in [0.25, 0.3) is 0 Å². The molecule has 5 heteroatoms. The molecule has 2 aliphatic rings. The first-order valence-electron chi connectivity index (χ1n) is 8.45. The summed E-state index contributed by atoms with van der Waals surface area (Å²) in [6, 6.07) is 16.1. The number of fused-ring (bicyclic) bond motifs is 4. The summed E-state index contributed by atoms with van der Waals surface area (Å²) in [4.78, 5) is 17.8. The minimum Gasteiger partial charge on any atom is -0.497 e. The number of benzene rings is 2. The van der Waals surface area contributed by atoms with Gasteiger partial charge in [0, 0.05) is 16.6 Å². The molecule has 5 nitrogen and oxygen atoms in total. The number of hydrogen-bond donors (Lipinski definition) is 1. The van der Waals surface area contributed by atoms with Crippen LogP contribution in [0.4, 0.5) is 4.79 Å². The summed E-state index contributed by atoms with van der Waals surface area (Å²) >= 11 is 0. The maximum absolute atomic E-state index is 12.4. The van der Waals surface area contributed by atoms with E-state index in [1.54, 1.807) is 7.11 Å². The number of nitrogens with one attached hydrogen (secondary N) is 1. The van der Waals surface area contributed by atoms with E-state index in [2.05, 4.69) is 23.2 Å². The van der Waals surface area contributed by atoms with Crippen molar-refractivity contribution in [2.75, 3.05) is 13.7 Å². The van der Waals surface area contributed by atoms with E-state index >= 15 is 0 Å². The van der Waals surface area contributed by atoms with E-state index in [0.29, 0.717) is 6.61 Å². The largest absolute Gasteiger partial charge is 0.497 e. The predicted molar refractivity (Wildman–Crippen MR) is 93.8 cm³/mol. The fraction of sp³-hybridized carbons (Fsp3) is 0.250. The summed E-state index contributed by atoms with van der Waals surface area (Å²) in [7, 11) is 1.68. The summed E-state index contributed by atoms with van der Waals surface area (Å²) in [6.07, 6.45) is 0.554. The van der Waals surface area contributed by atoms with Gasteiger partial charge in [-0.1, -0.05) is 30.3 Å². The fourth-order valence-electron chi connectivity index (χ4n) is 4.11. The molecule has 1 amide bonds. The predicted octanol–water partition coefficient (Wildman–Crippen LogP) is 3.64. The van der Waals surface area contributed by atoms with Crippen molar-refractivity contribution in [1.82, 2.24) is 9.88 Å². The average Bonchev–Trinajstić information content (AvgIpc) is 3.21. The summed E-state index contributed by atoms with van der Waals surface area (Å²) in [6.45, 7) is 0.443. The van der Waals surface area contributed by atoms with E-state index in [9.17, 15) is 4.79 Å². The maximum Gasteiger partial charge on any atom is 0.411 e. The lowest BCUT2D eigenvalue weighted by Crippen LogP contribution is -2.42. The summed E-state index contributed by atoms with van der Waals surface area (Å²) in [5, 5.41) is 1.16. The Balaban J connectivity index is 1.75. The molecule has 1 saturated heterocycles. The summed E-state index contributed by atoms with van der Waals surface area (Å²) in [5.41, 5.74) is 4.49. The van der Waals surface area contributed by atoms with Crippen molar-refractivity contribution in [2.24, 2.45) is 0 Å². The first kappa shape index (κ1) is 14.4. The number of H-pyrrole nitrogens is 1. The second-order valence-corrected chi connectivity index (χ2v) is 6.58. The minimum absolute atomic E-state index is 0.0652. The van der Waals surface area contributed by atoms with E-state index in [0.717, 1.165) is 34.3 Å².